The number of hydrogen-bond donors (Lipinski definition) is 0. The molecule has 0 spiro atoms. The van der Waals surface area contributed by atoms with Gasteiger partial charge >= 0.3 is 0 Å². The number of Topliss-reactive ketones (excluding diaryl/α,β-unsaturated/α-hetero) is 1. The van der Waals surface area contributed by atoms with E-state index in [1.54, 1.807) is 18.2 Å². The van der Waals surface area contributed by atoms with Crippen LogP contribution in [0.1, 0.15) is 22.3 Å². The van der Waals surface area contributed by atoms with Gasteiger partial charge in [-0.1, -0.05) is 89.0 Å². The minimum atomic E-state index is -0.0218. The van der Waals surface area contributed by atoms with Gasteiger partial charge in [0.05, 0.1) is 6.21 Å². The standard InChI is InChI=1S/C22H17Cl2NO2/c23-20-11-10-19(21(24)14-20)15-27-25-13-12-22(26)18-8-6-17(7-9-18)16-4-2-1-3-5-16/h1-11,13-14H,12,15H2/b25-13+. The number of carbonyl (C=O) groups is 1. The maximum atomic E-state index is 12.2. The van der Waals surface area contributed by atoms with E-state index in [-0.39, 0.29) is 18.8 Å². The number of hydrogen-bond acceptors (Lipinski definition) is 3. The van der Waals surface area contributed by atoms with E-state index in [2.05, 4.69) is 5.16 Å². The molecule has 3 nitrogen and oxygen atoms in total. The number of carbonyl (C=O) groups excluding carboxylic acids is 1. The average Bonchev–Trinajstić information content (AvgIpc) is 2.70. The van der Waals surface area contributed by atoms with Crippen molar-refractivity contribution >= 4 is 35.2 Å². The maximum Gasteiger partial charge on any atom is 0.168 e. The molecule has 0 bridgehead atoms. The summed E-state index contributed by atoms with van der Waals surface area (Å²) in [5, 5.41) is 4.91. The fraction of sp³-hybridized carbons (Fsp3) is 0.0909. The fourth-order valence-corrected chi connectivity index (χ4v) is 2.98. The molecule has 0 saturated heterocycles. The van der Waals surface area contributed by atoms with Crippen molar-refractivity contribution in [1.82, 2.24) is 0 Å². The molecular formula is C22H17Cl2NO2. The molecule has 0 heterocycles. The molecule has 27 heavy (non-hydrogen) atoms. The van der Waals surface area contributed by atoms with Gasteiger partial charge in [0.1, 0.15) is 6.61 Å². The number of halogens is 2. The molecule has 3 aromatic carbocycles. The smallest absolute Gasteiger partial charge is 0.168 e. The van der Waals surface area contributed by atoms with E-state index in [1.165, 1.54) is 6.21 Å². The van der Waals surface area contributed by atoms with Crippen molar-refractivity contribution in [3.63, 3.8) is 0 Å². The molecule has 0 radical (unpaired) electrons. The molecular weight excluding hydrogens is 381 g/mol. The molecule has 0 aliphatic carbocycles. The highest BCUT2D eigenvalue weighted by Crippen LogP contribution is 2.22. The van der Waals surface area contributed by atoms with E-state index in [0.717, 1.165) is 16.7 Å². The van der Waals surface area contributed by atoms with Gasteiger partial charge in [-0.15, -0.1) is 0 Å². The van der Waals surface area contributed by atoms with Crippen molar-refractivity contribution in [2.45, 2.75) is 13.0 Å². The third-order valence-electron chi connectivity index (χ3n) is 3.97. The van der Waals surface area contributed by atoms with Crippen molar-refractivity contribution < 1.29 is 9.63 Å². The largest absolute Gasteiger partial charge is 0.391 e. The Morgan fingerprint density at radius 2 is 1.63 bits per heavy atom. The summed E-state index contributed by atoms with van der Waals surface area (Å²) in [6.45, 7) is 0.215. The van der Waals surface area contributed by atoms with E-state index < -0.39 is 0 Å². The summed E-state index contributed by atoms with van der Waals surface area (Å²) in [5.74, 6) is -0.0218. The summed E-state index contributed by atoms with van der Waals surface area (Å²) >= 11 is 11.9. The van der Waals surface area contributed by atoms with Gasteiger partial charge in [0.25, 0.3) is 0 Å². The first-order valence-corrected chi connectivity index (χ1v) is 9.15. The Hall–Kier alpha value is -2.62. The van der Waals surface area contributed by atoms with Crippen molar-refractivity contribution in [3.8, 4) is 11.1 Å². The third-order valence-corrected chi connectivity index (χ3v) is 4.56. The number of rotatable bonds is 7. The number of benzene rings is 3. The molecule has 0 saturated carbocycles. The Balaban J connectivity index is 1.51. The van der Waals surface area contributed by atoms with Crippen molar-refractivity contribution in [3.05, 3.63) is 94.0 Å². The van der Waals surface area contributed by atoms with Crippen LogP contribution < -0.4 is 0 Å². The first kappa shape index (κ1) is 19.2. The third kappa shape index (κ3) is 5.43. The highest BCUT2D eigenvalue weighted by Gasteiger charge is 2.05. The zero-order valence-electron chi connectivity index (χ0n) is 14.4. The Labute approximate surface area is 168 Å². The van der Waals surface area contributed by atoms with Crippen LogP contribution in [0.3, 0.4) is 0 Å². The molecule has 3 aromatic rings. The molecule has 0 atom stereocenters. The van der Waals surface area contributed by atoms with Gasteiger partial charge < -0.3 is 4.84 Å². The van der Waals surface area contributed by atoms with Crippen LogP contribution in [0.4, 0.5) is 0 Å². The lowest BCUT2D eigenvalue weighted by Crippen LogP contribution is -1.99. The van der Waals surface area contributed by atoms with E-state index in [4.69, 9.17) is 28.0 Å². The summed E-state index contributed by atoms with van der Waals surface area (Å²) in [6, 6.07) is 22.7. The lowest BCUT2D eigenvalue weighted by Gasteiger charge is -2.04. The first-order valence-electron chi connectivity index (χ1n) is 8.40. The number of ketones is 1. The summed E-state index contributed by atoms with van der Waals surface area (Å²) in [7, 11) is 0. The summed E-state index contributed by atoms with van der Waals surface area (Å²) < 4.78 is 0. The van der Waals surface area contributed by atoms with Crippen molar-refractivity contribution in [1.29, 1.82) is 0 Å². The summed E-state index contributed by atoms with van der Waals surface area (Å²) in [5.41, 5.74) is 3.61. The number of oxime groups is 1. The molecule has 0 N–H and O–H groups in total. The maximum absolute atomic E-state index is 12.2. The SMILES string of the molecule is O=C(C/C=N/OCc1ccc(Cl)cc1Cl)c1ccc(-c2ccccc2)cc1. The molecule has 0 aromatic heterocycles. The lowest BCUT2D eigenvalue weighted by atomic mass is 10.0. The average molecular weight is 398 g/mol. The van der Waals surface area contributed by atoms with Gasteiger partial charge in [-0.3, -0.25) is 4.79 Å². The van der Waals surface area contributed by atoms with Crippen LogP contribution in [0, 0.1) is 0 Å². The molecule has 0 aliphatic rings. The Morgan fingerprint density at radius 1 is 0.926 bits per heavy atom. The second-order valence-electron chi connectivity index (χ2n) is 5.87. The zero-order chi connectivity index (χ0) is 19.1. The highest BCUT2D eigenvalue weighted by atomic mass is 35.5. The second kappa shape index (κ2) is 9.36. The Kier molecular flexibility index (Phi) is 6.64. The normalized spacial score (nSPS) is 10.9. The van der Waals surface area contributed by atoms with E-state index >= 15 is 0 Å². The van der Waals surface area contributed by atoms with E-state index in [0.29, 0.717) is 15.6 Å². The predicted octanol–water partition coefficient (Wildman–Crippen LogP) is 6.44. The van der Waals surface area contributed by atoms with Crippen LogP contribution in [-0.2, 0) is 11.4 Å². The number of nitrogens with zero attached hydrogens (tertiary/aromatic N) is 1. The van der Waals surface area contributed by atoms with Crippen LogP contribution in [0.25, 0.3) is 11.1 Å². The van der Waals surface area contributed by atoms with Crippen molar-refractivity contribution in [2.75, 3.05) is 0 Å². The first-order chi connectivity index (χ1) is 13.1. The Bertz CT molecular complexity index is 938. The van der Waals surface area contributed by atoms with E-state index in [9.17, 15) is 4.79 Å². The molecule has 0 aliphatic heterocycles. The molecule has 5 heteroatoms. The minimum absolute atomic E-state index is 0.0218. The van der Waals surface area contributed by atoms with Crippen LogP contribution in [-0.4, -0.2) is 12.0 Å². The predicted molar refractivity (Wildman–Crippen MR) is 111 cm³/mol. The molecule has 136 valence electrons. The van der Waals surface area contributed by atoms with Gasteiger partial charge in [-0.05, 0) is 23.3 Å². The summed E-state index contributed by atoms with van der Waals surface area (Å²) in [6.07, 6.45) is 1.62. The quantitative estimate of drug-likeness (QED) is 0.261. The van der Waals surface area contributed by atoms with Gasteiger partial charge in [-0.2, -0.15) is 0 Å². The molecule has 0 fully saturated rings. The second-order valence-corrected chi connectivity index (χ2v) is 6.71. The van der Waals surface area contributed by atoms with Crippen LogP contribution in [0.2, 0.25) is 10.0 Å². The highest BCUT2D eigenvalue weighted by molar-refractivity contribution is 6.35. The van der Waals surface area contributed by atoms with Gasteiger partial charge in [0.2, 0.25) is 0 Å². The topological polar surface area (TPSA) is 38.7 Å². The van der Waals surface area contributed by atoms with Crippen LogP contribution >= 0.6 is 23.2 Å². The summed E-state index contributed by atoms with van der Waals surface area (Å²) in [4.78, 5) is 17.4. The Morgan fingerprint density at radius 3 is 2.33 bits per heavy atom. The fourth-order valence-electron chi connectivity index (χ4n) is 2.52. The molecule has 0 amide bonds. The van der Waals surface area contributed by atoms with Gasteiger partial charge in [-0.25, -0.2) is 0 Å². The zero-order valence-corrected chi connectivity index (χ0v) is 16.0. The molecule has 3 rings (SSSR count). The monoisotopic (exact) mass is 397 g/mol. The van der Waals surface area contributed by atoms with Gasteiger partial charge in [0.15, 0.2) is 5.78 Å². The van der Waals surface area contributed by atoms with Gasteiger partial charge in [0, 0.05) is 27.6 Å². The molecule has 0 unspecified atom stereocenters. The van der Waals surface area contributed by atoms with E-state index in [1.807, 2.05) is 54.6 Å². The lowest BCUT2D eigenvalue weighted by molar-refractivity contribution is 0.0996. The van der Waals surface area contributed by atoms with Crippen LogP contribution in [0.5, 0.6) is 0 Å². The minimum Gasteiger partial charge on any atom is -0.391 e. The van der Waals surface area contributed by atoms with Crippen LogP contribution in [0.15, 0.2) is 78.0 Å². The van der Waals surface area contributed by atoms with Crippen molar-refractivity contribution in [2.24, 2.45) is 5.16 Å².